The van der Waals surface area contributed by atoms with Gasteiger partial charge in [0.1, 0.15) is 18.1 Å². The third kappa shape index (κ3) is 3.93. The molecule has 0 radical (unpaired) electrons. The van der Waals surface area contributed by atoms with Crippen LogP contribution in [0.1, 0.15) is 16.3 Å². The van der Waals surface area contributed by atoms with Crippen LogP contribution in [0.2, 0.25) is 0 Å². The molecule has 4 nitrogen and oxygen atoms in total. The molecule has 1 aromatic carbocycles. The molecule has 2 aromatic rings. The molecule has 0 aliphatic carbocycles. The van der Waals surface area contributed by atoms with Gasteiger partial charge in [-0.25, -0.2) is 4.79 Å². The van der Waals surface area contributed by atoms with Gasteiger partial charge in [-0.2, -0.15) is 0 Å². The Bertz CT molecular complexity index is 478. The number of furan rings is 1. The second-order valence-electron chi connectivity index (χ2n) is 3.17. The smallest absolute Gasteiger partial charge is 0.486 e. The molecule has 0 bridgehead atoms. The quantitative estimate of drug-likeness (QED) is 0.737. The number of rotatable bonds is 4. The van der Waals surface area contributed by atoms with Gasteiger partial charge in [0, 0.05) is 0 Å². The fourth-order valence-corrected chi connectivity index (χ4v) is 1.24. The maximum Gasteiger partial charge on any atom is 1.00 e. The minimum atomic E-state index is -1.08. The van der Waals surface area contributed by atoms with Crippen LogP contribution in [0.15, 0.2) is 46.9 Å². The number of carboxylic acids is 1. The molecule has 0 fully saturated rings. The van der Waals surface area contributed by atoms with E-state index in [0.717, 1.165) is 5.75 Å². The van der Waals surface area contributed by atoms with E-state index in [4.69, 9.17) is 14.3 Å². The summed E-state index contributed by atoms with van der Waals surface area (Å²) in [6.45, 7) is 0.220. The number of benzene rings is 1. The van der Waals surface area contributed by atoms with Gasteiger partial charge in [-0.1, -0.05) is 18.2 Å². The normalized spacial score (nSPS) is 9.41. The van der Waals surface area contributed by atoms with Crippen molar-refractivity contribution in [3.05, 3.63) is 54.0 Å². The summed E-state index contributed by atoms with van der Waals surface area (Å²) >= 11 is 0. The van der Waals surface area contributed by atoms with E-state index in [2.05, 4.69) is 0 Å². The molecule has 5 heteroatoms. The van der Waals surface area contributed by atoms with Gasteiger partial charge in [0.2, 0.25) is 5.76 Å². The number of para-hydroxylation sites is 1. The zero-order chi connectivity index (χ0) is 11.4. The maximum absolute atomic E-state index is 10.6. The summed E-state index contributed by atoms with van der Waals surface area (Å²) in [5.41, 5.74) is 0. The second kappa shape index (κ2) is 6.49. The molecule has 0 amide bonds. The zero-order valence-electron chi connectivity index (χ0n) is 9.42. The van der Waals surface area contributed by atoms with E-state index in [1.807, 2.05) is 30.3 Å². The minimum absolute atomic E-state index is 0. The topological polar surface area (TPSA) is 59.7 Å². The first-order valence-corrected chi connectivity index (χ1v) is 4.75. The number of aromatic carboxylic acids is 1. The van der Waals surface area contributed by atoms with Crippen molar-refractivity contribution in [1.82, 2.24) is 0 Å². The summed E-state index contributed by atoms with van der Waals surface area (Å²) in [6.07, 6.45) is 0. The molecule has 2 rings (SSSR count). The van der Waals surface area contributed by atoms with Crippen molar-refractivity contribution in [2.75, 3.05) is 0 Å². The molecule has 0 unspecified atom stereocenters. The van der Waals surface area contributed by atoms with Crippen molar-refractivity contribution in [2.45, 2.75) is 6.61 Å². The summed E-state index contributed by atoms with van der Waals surface area (Å²) in [5.74, 6) is 0.0506. The number of carbonyl (C=O) groups is 1. The van der Waals surface area contributed by atoms with E-state index in [-0.39, 0.29) is 41.9 Å². The zero-order valence-corrected chi connectivity index (χ0v) is 11.4. The van der Waals surface area contributed by atoms with Crippen LogP contribution in [-0.2, 0) is 6.61 Å². The van der Waals surface area contributed by atoms with Crippen LogP contribution in [0.25, 0.3) is 0 Å². The van der Waals surface area contributed by atoms with Crippen LogP contribution >= 0.6 is 0 Å². The Labute approximate surface area is 120 Å². The van der Waals surface area contributed by atoms with Crippen LogP contribution in [0.4, 0.5) is 0 Å². The predicted molar refractivity (Wildman–Crippen MR) is 56.4 cm³/mol. The Morgan fingerprint density at radius 3 is 2.47 bits per heavy atom. The van der Waals surface area contributed by atoms with Gasteiger partial charge in [0.25, 0.3) is 0 Å². The Morgan fingerprint density at radius 2 is 1.88 bits per heavy atom. The van der Waals surface area contributed by atoms with Crippen molar-refractivity contribution in [1.29, 1.82) is 0 Å². The number of carboxylic acid groups (broad SMARTS) is 1. The third-order valence-corrected chi connectivity index (χ3v) is 2.00. The van der Waals surface area contributed by atoms with Gasteiger partial charge in [0.05, 0.1) is 0 Å². The average molecular weight is 241 g/mol. The van der Waals surface area contributed by atoms with Crippen LogP contribution in [-0.4, -0.2) is 11.1 Å². The van der Waals surface area contributed by atoms with Crippen molar-refractivity contribution < 1.29 is 48.6 Å². The average Bonchev–Trinajstić information content (AvgIpc) is 2.76. The van der Waals surface area contributed by atoms with Gasteiger partial charge in [0.15, 0.2) is 0 Å². The maximum atomic E-state index is 10.6. The molecule has 0 aliphatic rings. The molecule has 1 N–H and O–H groups in total. The van der Waals surface area contributed by atoms with E-state index in [9.17, 15) is 4.79 Å². The number of hydrogen-bond acceptors (Lipinski definition) is 3. The van der Waals surface area contributed by atoms with Gasteiger partial charge in [-0.3, -0.25) is 0 Å². The van der Waals surface area contributed by atoms with Gasteiger partial charge in [-0.15, -0.1) is 0 Å². The van der Waals surface area contributed by atoms with Gasteiger partial charge >= 0.3 is 35.5 Å². The molecular formula is C12H10NaO4+. The van der Waals surface area contributed by atoms with Crippen molar-refractivity contribution in [2.24, 2.45) is 0 Å². The standard InChI is InChI=1S/C12H10O4.Na/c13-12(14)11-7-6-10(16-11)8-15-9-4-2-1-3-5-9;/h1-7H,8H2,(H,13,14);/q;+1. The Morgan fingerprint density at radius 1 is 1.18 bits per heavy atom. The first-order valence-electron chi connectivity index (χ1n) is 4.75. The van der Waals surface area contributed by atoms with E-state index in [1.54, 1.807) is 6.07 Å². The van der Waals surface area contributed by atoms with Crippen LogP contribution in [0.5, 0.6) is 5.75 Å². The van der Waals surface area contributed by atoms with Gasteiger partial charge in [-0.05, 0) is 24.3 Å². The summed E-state index contributed by atoms with van der Waals surface area (Å²) < 4.78 is 10.4. The van der Waals surface area contributed by atoms with Crippen LogP contribution in [0.3, 0.4) is 0 Å². The predicted octanol–water partition coefficient (Wildman–Crippen LogP) is -0.439. The Hall–Kier alpha value is -1.23. The van der Waals surface area contributed by atoms with Crippen LogP contribution < -0.4 is 34.3 Å². The summed E-state index contributed by atoms with van der Waals surface area (Å²) in [5, 5.41) is 8.65. The molecule has 82 valence electrons. The Balaban J connectivity index is 0.00000144. The molecule has 0 atom stereocenters. The fourth-order valence-electron chi connectivity index (χ4n) is 1.24. The number of hydrogen-bond donors (Lipinski definition) is 1. The molecular weight excluding hydrogens is 231 g/mol. The summed E-state index contributed by atoms with van der Waals surface area (Å²) in [7, 11) is 0. The van der Waals surface area contributed by atoms with Crippen molar-refractivity contribution in [3.8, 4) is 5.75 Å². The van der Waals surface area contributed by atoms with E-state index in [0.29, 0.717) is 5.76 Å². The molecule has 1 heterocycles. The molecule has 17 heavy (non-hydrogen) atoms. The summed E-state index contributed by atoms with van der Waals surface area (Å²) in [4.78, 5) is 10.6. The summed E-state index contributed by atoms with van der Waals surface area (Å²) in [6, 6.07) is 12.3. The third-order valence-electron chi connectivity index (χ3n) is 2.00. The number of ether oxygens (including phenoxy) is 1. The fraction of sp³-hybridized carbons (Fsp3) is 0.0833. The minimum Gasteiger partial charge on any atom is -0.486 e. The van der Waals surface area contributed by atoms with Crippen molar-refractivity contribution in [3.63, 3.8) is 0 Å². The van der Waals surface area contributed by atoms with Gasteiger partial charge < -0.3 is 14.3 Å². The Kier molecular flexibility index (Phi) is 5.28. The van der Waals surface area contributed by atoms with E-state index in [1.165, 1.54) is 6.07 Å². The molecule has 0 aliphatic heterocycles. The SMILES string of the molecule is O=C(O)c1ccc(COc2ccccc2)o1.[Na+]. The van der Waals surface area contributed by atoms with E-state index < -0.39 is 5.97 Å². The first-order chi connectivity index (χ1) is 7.75. The largest absolute Gasteiger partial charge is 1.00 e. The molecule has 1 aromatic heterocycles. The van der Waals surface area contributed by atoms with E-state index >= 15 is 0 Å². The van der Waals surface area contributed by atoms with Crippen LogP contribution in [0, 0.1) is 0 Å². The molecule has 0 saturated heterocycles. The van der Waals surface area contributed by atoms with Crippen molar-refractivity contribution >= 4 is 5.97 Å². The second-order valence-corrected chi connectivity index (χ2v) is 3.17. The molecule has 0 saturated carbocycles. The monoisotopic (exact) mass is 241 g/mol. The first kappa shape index (κ1) is 13.8. The molecule has 0 spiro atoms.